The monoisotopic (exact) mass is 399 g/mol. The highest BCUT2D eigenvalue weighted by Gasteiger charge is 2.37. The summed E-state index contributed by atoms with van der Waals surface area (Å²) in [7, 11) is 0. The van der Waals surface area contributed by atoms with Gasteiger partial charge in [0.15, 0.2) is 5.88 Å². The summed E-state index contributed by atoms with van der Waals surface area (Å²) in [5.41, 5.74) is -4.13. The van der Waals surface area contributed by atoms with Crippen molar-refractivity contribution in [1.29, 1.82) is 0 Å². The highest BCUT2D eigenvalue weighted by Crippen LogP contribution is 2.38. The molecule has 27 heavy (non-hydrogen) atoms. The molecule has 0 saturated heterocycles. The van der Waals surface area contributed by atoms with Crippen LogP contribution in [0.4, 0.5) is 31.1 Å². The van der Waals surface area contributed by atoms with Crippen molar-refractivity contribution in [2.24, 2.45) is 0 Å². The van der Waals surface area contributed by atoms with E-state index in [1.807, 2.05) is 0 Å². The molecule has 0 heterocycles. The van der Waals surface area contributed by atoms with E-state index in [4.69, 9.17) is 9.47 Å². The van der Waals surface area contributed by atoms with Crippen LogP contribution in [0.3, 0.4) is 0 Å². The van der Waals surface area contributed by atoms with Crippen LogP contribution in [0.5, 0.6) is 0 Å². The maximum atomic E-state index is 12.9. The van der Waals surface area contributed by atoms with E-state index < -0.39 is 41.3 Å². The predicted octanol–water partition coefficient (Wildman–Crippen LogP) is 5.80. The average Bonchev–Trinajstić information content (AvgIpc) is 2.42. The van der Waals surface area contributed by atoms with Crippen molar-refractivity contribution in [3.63, 3.8) is 0 Å². The van der Waals surface area contributed by atoms with Crippen LogP contribution in [0.2, 0.25) is 0 Å². The smallest absolute Gasteiger partial charge is 0.416 e. The van der Waals surface area contributed by atoms with Gasteiger partial charge in [-0.1, -0.05) is 0 Å². The third-order valence-electron chi connectivity index (χ3n) is 3.04. The highest BCUT2D eigenvalue weighted by molar-refractivity contribution is 5.69. The molecule has 4 nitrogen and oxygen atoms in total. The lowest BCUT2D eigenvalue weighted by molar-refractivity contribution is -0.143. The minimum absolute atomic E-state index is 0.0178. The summed E-state index contributed by atoms with van der Waals surface area (Å²) in [4.78, 5) is 11.6. The van der Waals surface area contributed by atoms with Gasteiger partial charge in [-0.05, 0) is 58.0 Å². The predicted molar refractivity (Wildman–Crippen MR) is 84.5 cm³/mol. The number of hydrogen-bond acceptors (Lipinski definition) is 3. The Bertz CT molecular complexity index is 672. The van der Waals surface area contributed by atoms with Gasteiger partial charge < -0.3 is 9.47 Å². The Morgan fingerprint density at radius 1 is 1.00 bits per heavy atom. The van der Waals surface area contributed by atoms with E-state index in [2.05, 4.69) is 11.9 Å². The van der Waals surface area contributed by atoms with E-state index in [1.165, 1.54) is 6.92 Å². The molecule has 0 radical (unpaired) electrons. The topological polar surface area (TPSA) is 47.6 Å². The van der Waals surface area contributed by atoms with Gasteiger partial charge >= 0.3 is 18.4 Å². The molecule has 1 atom stereocenters. The largest absolute Gasteiger partial charge is 0.471 e. The number of nitrogens with one attached hydrogen (secondary N) is 1. The fraction of sp³-hybridized carbons (Fsp3) is 0.471. The van der Waals surface area contributed by atoms with E-state index >= 15 is 0 Å². The van der Waals surface area contributed by atoms with Crippen LogP contribution < -0.4 is 5.32 Å². The third-order valence-corrected chi connectivity index (χ3v) is 3.04. The molecule has 0 saturated carbocycles. The molecule has 1 N–H and O–H groups in total. The second-order valence-electron chi connectivity index (χ2n) is 6.65. The first-order chi connectivity index (χ1) is 12.0. The summed E-state index contributed by atoms with van der Waals surface area (Å²) in [6.07, 6.45) is -12.1. The van der Waals surface area contributed by atoms with Crippen molar-refractivity contribution in [2.75, 3.05) is 0 Å². The first kappa shape index (κ1) is 22.7. The van der Waals surface area contributed by atoms with Crippen molar-refractivity contribution in [1.82, 2.24) is 5.32 Å². The molecule has 0 fully saturated rings. The number of hydrogen-bond donors (Lipinski definition) is 1. The molecule has 0 spiro atoms. The zero-order chi connectivity index (χ0) is 21.2. The number of benzene rings is 1. The lowest BCUT2D eigenvalue weighted by Crippen LogP contribution is -2.32. The van der Waals surface area contributed by atoms with E-state index in [0.717, 1.165) is 0 Å². The van der Waals surface area contributed by atoms with Gasteiger partial charge in [0.2, 0.25) is 0 Å². The molecular weight excluding hydrogens is 380 g/mol. The Kier molecular flexibility index (Phi) is 6.45. The third kappa shape index (κ3) is 7.40. The number of halogens is 6. The lowest BCUT2D eigenvalue weighted by atomic mass is 10.0. The molecule has 0 bridgehead atoms. The molecule has 1 aromatic carbocycles. The minimum atomic E-state index is -4.97. The summed E-state index contributed by atoms with van der Waals surface area (Å²) in [5, 5.41) is 2.10. The zero-order valence-electron chi connectivity index (χ0n) is 15.0. The van der Waals surface area contributed by atoms with Crippen molar-refractivity contribution in [3.05, 3.63) is 47.4 Å². The van der Waals surface area contributed by atoms with Crippen LogP contribution in [0.15, 0.2) is 30.7 Å². The van der Waals surface area contributed by atoms with Gasteiger partial charge in [0.05, 0.1) is 11.1 Å². The SMILES string of the molecule is C=C(NC(=O)OC(C)(C)C)O[C@H](C)c1cc(C(F)(F)F)cc(C(F)(F)F)c1. The van der Waals surface area contributed by atoms with Crippen molar-refractivity contribution in [2.45, 2.75) is 51.8 Å². The molecule has 0 aliphatic heterocycles. The summed E-state index contributed by atoms with van der Waals surface area (Å²) in [5.74, 6) is -0.386. The normalized spacial score (nSPS) is 13.7. The summed E-state index contributed by atoms with van der Waals surface area (Å²) >= 11 is 0. The zero-order valence-corrected chi connectivity index (χ0v) is 15.0. The van der Waals surface area contributed by atoms with Crippen molar-refractivity contribution >= 4 is 6.09 Å². The van der Waals surface area contributed by atoms with E-state index in [0.29, 0.717) is 12.1 Å². The standard InChI is InChI=1S/C17H19F6NO3/c1-9(26-10(2)24-14(25)27-15(3,4)5)11-6-12(16(18,19)20)8-13(7-11)17(21,22)23/h6-9H,2H2,1,3-5H3,(H,24,25)/t9-/m1/s1. The van der Waals surface area contributed by atoms with Gasteiger partial charge in [0.1, 0.15) is 11.7 Å². The Morgan fingerprint density at radius 2 is 1.44 bits per heavy atom. The van der Waals surface area contributed by atoms with Crippen LogP contribution in [-0.2, 0) is 21.8 Å². The molecule has 152 valence electrons. The lowest BCUT2D eigenvalue weighted by Gasteiger charge is -2.22. The second kappa shape index (κ2) is 7.69. The van der Waals surface area contributed by atoms with Crippen molar-refractivity contribution < 1.29 is 40.6 Å². The molecule has 0 unspecified atom stereocenters. The van der Waals surface area contributed by atoms with E-state index in [9.17, 15) is 31.1 Å². The highest BCUT2D eigenvalue weighted by atomic mass is 19.4. The van der Waals surface area contributed by atoms with Crippen LogP contribution in [0.25, 0.3) is 0 Å². The minimum Gasteiger partial charge on any atom is -0.471 e. The maximum absolute atomic E-state index is 12.9. The first-order valence-corrected chi connectivity index (χ1v) is 7.64. The molecular formula is C17H19F6NO3. The Hall–Kier alpha value is -2.39. The number of rotatable bonds is 4. The molecule has 1 rings (SSSR count). The average molecular weight is 399 g/mol. The number of carbonyl (C=O) groups is 1. The number of amides is 1. The number of alkyl carbamates (subject to hydrolysis) is 1. The van der Waals surface area contributed by atoms with Gasteiger partial charge in [0, 0.05) is 0 Å². The quantitative estimate of drug-likeness (QED) is 0.514. The molecule has 1 amide bonds. The van der Waals surface area contributed by atoms with Crippen LogP contribution in [-0.4, -0.2) is 11.7 Å². The summed E-state index contributed by atoms with van der Waals surface area (Å²) in [6.45, 7) is 9.37. The van der Waals surface area contributed by atoms with Crippen LogP contribution in [0.1, 0.15) is 50.5 Å². The summed E-state index contributed by atoms with van der Waals surface area (Å²) in [6, 6.07) is 1.10. The Balaban J connectivity index is 3.01. The van der Waals surface area contributed by atoms with Crippen LogP contribution in [0, 0.1) is 0 Å². The van der Waals surface area contributed by atoms with Gasteiger partial charge in [-0.3, -0.25) is 5.32 Å². The fourth-order valence-corrected chi connectivity index (χ4v) is 1.94. The molecule has 0 aliphatic carbocycles. The van der Waals surface area contributed by atoms with E-state index in [1.54, 1.807) is 20.8 Å². The molecule has 10 heteroatoms. The van der Waals surface area contributed by atoms with Gasteiger partial charge in [-0.15, -0.1) is 0 Å². The molecule has 0 aliphatic rings. The molecule has 1 aromatic rings. The number of carbonyl (C=O) groups excluding carboxylic acids is 1. The Labute approximate surface area is 152 Å². The van der Waals surface area contributed by atoms with E-state index in [-0.39, 0.29) is 17.5 Å². The second-order valence-corrected chi connectivity index (χ2v) is 6.65. The van der Waals surface area contributed by atoms with Gasteiger partial charge in [0.25, 0.3) is 0 Å². The number of alkyl halides is 6. The van der Waals surface area contributed by atoms with Crippen LogP contribution >= 0.6 is 0 Å². The van der Waals surface area contributed by atoms with Gasteiger partial charge in [-0.2, -0.15) is 26.3 Å². The molecule has 0 aromatic heterocycles. The summed E-state index contributed by atoms with van der Waals surface area (Å²) < 4.78 is 87.4. The number of ether oxygens (including phenoxy) is 2. The maximum Gasteiger partial charge on any atom is 0.416 e. The van der Waals surface area contributed by atoms with Gasteiger partial charge in [-0.25, -0.2) is 4.79 Å². The first-order valence-electron chi connectivity index (χ1n) is 7.64. The van der Waals surface area contributed by atoms with Crippen molar-refractivity contribution in [3.8, 4) is 0 Å². The fourth-order valence-electron chi connectivity index (χ4n) is 1.94. The Morgan fingerprint density at radius 3 is 1.81 bits per heavy atom.